The number of imidazole rings is 1. The summed E-state index contributed by atoms with van der Waals surface area (Å²) in [4.78, 5) is 28.8. The summed E-state index contributed by atoms with van der Waals surface area (Å²) in [5.74, 6) is 0.482. The van der Waals surface area contributed by atoms with Gasteiger partial charge in [0.25, 0.3) is 0 Å². The van der Waals surface area contributed by atoms with Crippen molar-refractivity contribution < 1.29 is 9.59 Å². The number of hydrogen-bond donors (Lipinski definition) is 2. The van der Waals surface area contributed by atoms with E-state index in [9.17, 15) is 9.59 Å². The normalized spacial score (nSPS) is 10.8. The molecule has 2 N–H and O–H groups in total. The van der Waals surface area contributed by atoms with Crippen molar-refractivity contribution in [1.29, 1.82) is 0 Å². The van der Waals surface area contributed by atoms with Gasteiger partial charge in [-0.25, -0.2) is 4.98 Å². The molecular weight excluding hydrogens is 340 g/mol. The maximum absolute atomic E-state index is 12.7. The molecule has 0 aliphatic rings. The first-order chi connectivity index (χ1) is 13.0. The minimum Gasteiger partial charge on any atom is -0.349 e. The lowest BCUT2D eigenvalue weighted by atomic mass is 10.1. The number of fused-ring (bicyclic) bond motifs is 1. The predicted octanol–water partition coefficient (Wildman–Crippen LogP) is 3.32. The average Bonchev–Trinajstić information content (AvgIpc) is 2.99. The summed E-state index contributed by atoms with van der Waals surface area (Å²) in [6.07, 6.45) is 0.410. The molecule has 0 aliphatic carbocycles. The van der Waals surface area contributed by atoms with Crippen molar-refractivity contribution in [3.8, 4) is 0 Å². The Kier molecular flexibility index (Phi) is 5.54. The lowest BCUT2D eigenvalue weighted by Gasteiger charge is -2.12. The first kappa shape index (κ1) is 18.6. The van der Waals surface area contributed by atoms with Crippen LogP contribution in [0, 0.1) is 13.8 Å². The molecule has 3 rings (SSSR count). The van der Waals surface area contributed by atoms with Gasteiger partial charge in [0.1, 0.15) is 12.4 Å². The molecule has 2 aromatic carbocycles. The maximum Gasteiger partial charge on any atom is 0.244 e. The van der Waals surface area contributed by atoms with Gasteiger partial charge in [0.15, 0.2) is 0 Å². The zero-order valence-electron chi connectivity index (χ0n) is 15.9. The number of carbonyl (C=O) groups is 2. The number of rotatable bonds is 6. The second kappa shape index (κ2) is 8.03. The van der Waals surface area contributed by atoms with Gasteiger partial charge in [0, 0.05) is 12.1 Å². The van der Waals surface area contributed by atoms with Crippen LogP contribution in [0.4, 0.5) is 5.69 Å². The maximum atomic E-state index is 12.7. The number of aryl methyl sites for hydroxylation is 2. The van der Waals surface area contributed by atoms with E-state index < -0.39 is 0 Å². The molecule has 0 saturated carbocycles. The molecule has 0 aliphatic heterocycles. The fraction of sp³-hybridized carbons (Fsp3) is 0.286. The fourth-order valence-electron chi connectivity index (χ4n) is 3.03. The Morgan fingerprint density at radius 3 is 2.59 bits per heavy atom. The van der Waals surface area contributed by atoms with Crippen molar-refractivity contribution in [2.45, 2.75) is 40.3 Å². The van der Waals surface area contributed by atoms with Gasteiger partial charge in [0.05, 0.1) is 17.6 Å². The molecule has 6 heteroatoms. The van der Waals surface area contributed by atoms with Crippen LogP contribution in [0.25, 0.3) is 11.0 Å². The average molecular weight is 364 g/mol. The summed E-state index contributed by atoms with van der Waals surface area (Å²) in [6, 6.07) is 13.6. The van der Waals surface area contributed by atoms with E-state index in [1.54, 1.807) is 6.92 Å². The number of aromatic nitrogens is 2. The van der Waals surface area contributed by atoms with Gasteiger partial charge < -0.3 is 15.2 Å². The molecule has 140 valence electrons. The summed E-state index contributed by atoms with van der Waals surface area (Å²) in [5, 5.41) is 5.80. The third-order valence-corrected chi connectivity index (χ3v) is 4.46. The number of nitrogens with one attached hydrogen (secondary N) is 2. The second-order valence-corrected chi connectivity index (χ2v) is 6.60. The first-order valence-corrected chi connectivity index (χ1v) is 9.06. The quantitative estimate of drug-likeness (QED) is 0.704. The number of carbonyl (C=O) groups excluding carboxylic acids is 2. The van der Waals surface area contributed by atoms with Crippen LogP contribution in [0.15, 0.2) is 42.5 Å². The van der Waals surface area contributed by atoms with Gasteiger partial charge in [-0.1, -0.05) is 36.8 Å². The number of benzene rings is 2. The molecule has 0 atom stereocenters. The van der Waals surface area contributed by atoms with Gasteiger partial charge in [-0.3, -0.25) is 9.59 Å². The molecule has 3 aromatic rings. The smallest absolute Gasteiger partial charge is 0.244 e. The predicted molar refractivity (Wildman–Crippen MR) is 106 cm³/mol. The van der Waals surface area contributed by atoms with Crippen LogP contribution < -0.4 is 10.6 Å². The Labute approximate surface area is 158 Å². The van der Waals surface area contributed by atoms with Crippen LogP contribution in [0.5, 0.6) is 0 Å². The van der Waals surface area contributed by atoms with E-state index in [-0.39, 0.29) is 24.9 Å². The van der Waals surface area contributed by atoms with Crippen molar-refractivity contribution in [3.05, 3.63) is 59.4 Å². The Hall–Kier alpha value is -3.15. The van der Waals surface area contributed by atoms with E-state index in [0.29, 0.717) is 12.2 Å². The molecular formula is C21H24N4O2. The lowest BCUT2D eigenvalue weighted by Crippen LogP contribution is -2.26. The van der Waals surface area contributed by atoms with E-state index in [2.05, 4.69) is 15.6 Å². The highest BCUT2D eigenvalue weighted by Crippen LogP contribution is 2.18. The highest BCUT2D eigenvalue weighted by Gasteiger charge is 2.14. The Morgan fingerprint density at radius 1 is 1.07 bits per heavy atom. The van der Waals surface area contributed by atoms with Crippen LogP contribution in [0.3, 0.4) is 0 Å². The van der Waals surface area contributed by atoms with Gasteiger partial charge in [-0.05, 0) is 37.6 Å². The number of para-hydroxylation sites is 2. The standard InChI is InChI=1S/C21H24N4O2/c1-4-20(26)22-12-19-23-17-7-5-6-8-18(17)25(19)13-21(27)24-16-10-9-14(2)11-15(16)3/h5-11H,4,12-13H2,1-3H3,(H,22,26)(H,24,27). The molecule has 0 saturated heterocycles. The van der Waals surface area contributed by atoms with Gasteiger partial charge in [0.2, 0.25) is 11.8 Å². The molecule has 6 nitrogen and oxygen atoms in total. The molecule has 27 heavy (non-hydrogen) atoms. The van der Waals surface area contributed by atoms with Crippen LogP contribution in [-0.2, 0) is 22.7 Å². The Bertz CT molecular complexity index is 991. The van der Waals surface area contributed by atoms with Crippen molar-refractivity contribution in [2.24, 2.45) is 0 Å². The van der Waals surface area contributed by atoms with Gasteiger partial charge in [-0.15, -0.1) is 0 Å². The molecule has 0 bridgehead atoms. The summed E-state index contributed by atoms with van der Waals surface area (Å²) in [7, 11) is 0. The topological polar surface area (TPSA) is 76.0 Å². The van der Waals surface area contributed by atoms with Gasteiger partial charge >= 0.3 is 0 Å². The number of amides is 2. The van der Waals surface area contributed by atoms with Gasteiger partial charge in [-0.2, -0.15) is 0 Å². The number of anilines is 1. The zero-order valence-corrected chi connectivity index (χ0v) is 15.9. The summed E-state index contributed by atoms with van der Waals surface area (Å²) >= 11 is 0. The summed E-state index contributed by atoms with van der Waals surface area (Å²) < 4.78 is 1.85. The van der Waals surface area contributed by atoms with Crippen LogP contribution in [0.2, 0.25) is 0 Å². The second-order valence-electron chi connectivity index (χ2n) is 6.60. The third kappa shape index (κ3) is 4.34. The summed E-state index contributed by atoms with van der Waals surface area (Å²) in [5.41, 5.74) is 4.65. The van der Waals surface area contributed by atoms with Crippen LogP contribution >= 0.6 is 0 Å². The molecule has 0 spiro atoms. The number of nitrogens with zero attached hydrogens (tertiary/aromatic N) is 2. The van der Waals surface area contributed by atoms with E-state index in [0.717, 1.165) is 27.8 Å². The highest BCUT2D eigenvalue weighted by molar-refractivity contribution is 5.92. The van der Waals surface area contributed by atoms with Crippen molar-refractivity contribution >= 4 is 28.5 Å². The first-order valence-electron chi connectivity index (χ1n) is 9.06. The third-order valence-electron chi connectivity index (χ3n) is 4.46. The van der Waals surface area contributed by atoms with E-state index in [4.69, 9.17) is 0 Å². The van der Waals surface area contributed by atoms with Crippen LogP contribution in [0.1, 0.15) is 30.3 Å². The van der Waals surface area contributed by atoms with E-state index in [1.807, 2.05) is 60.9 Å². The zero-order chi connectivity index (χ0) is 19.4. The molecule has 0 fully saturated rings. The van der Waals surface area contributed by atoms with Crippen molar-refractivity contribution in [2.75, 3.05) is 5.32 Å². The molecule has 1 heterocycles. The Balaban J connectivity index is 1.83. The van der Waals surface area contributed by atoms with Crippen molar-refractivity contribution in [1.82, 2.24) is 14.9 Å². The lowest BCUT2D eigenvalue weighted by molar-refractivity contribution is -0.121. The van der Waals surface area contributed by atoms with E-state index in [1.165, 1.54) is 0 Å². The fourth-order valence-corrected chi connectivity index (χ4v) is 3.03. The minimum atomic E-state index is -0.131. The molecule has 2 amide bonds. The van der Waals surface area contributed by atoms with Crippen molar-refractivity contribution in [3.63, 3.8) is 0 Å². The minimum absolute atomic E-state index is 0.0478. The Morgan fingerprint density at radius 2 is 1.85 bits per heavy atom. The van der Waals surface area contributed by atoms with Crippen LogP contribution in [-0.4, -0.2) is 21.4 Å². The highest BCUT2D eigenvalue weighted by atomic mass is 16.2. The SMILES string of the molecule is CCC(=O)NCc1nc2ccccc2n1CC(=O)Nc1ccc(C)cc1C. The summed E-state index contributed by atoms with van der Waals surface area (Å²) in [6.45, 7) is 6.22. The monoisotopic (exact) mass is 364 g/mol. The largest absolute Gasteiger partial charge is 0.349 e. The van der Waals surface area contributed by atoms with E-state index >= 15 is 0 Å². The number of hydrogen-bond acceptors (Lipinski definition) is 3. The molecule has 0 unspecified atom stereocenters. The molecule has 1 aromatic heterocycles. The molecule has 0 radical (unpaired) electrons.